The summed E-state index contributed by atoms with van der Waals surface area (Å²) in [6.07, 6.45) is 3.95. The number of rotatable bonds is 2. The fraction of sp³-hybridized carbons (Fsp3) is 0.217. The van der Waals surface area contributed by atoms with Gasteiger partial charge in [0.2, 0.25) is 0 Å². The van der Waals surface area contributed by atoms with Crippen LogP contribution in [0.1, 0.15) is 22.3 Å². The van der Waals surface area contributed by atoms with E-state index in [4.69, 9.17) is 10.5 Å². The van der Waals surface area contributed by atoms with E-state index in [1.807, 2.05) is 12.1 Å². The number of benzene rings is 3. The molecule has 0 amide bonds. The second-order valence-corrected chi connectivity index (χ2v) is 6.72. The Morgan fingerprint density at radius 2 is 1.40 bits per heavy atom. The Hall–Kier alpha value is -2.74. The van der Waals surface area contributed by atoms with E-state index >= 15 is 0 Å². The molecule has 7 rings (SSSR count). The smallest absolute Gasteiger partial charge is 0.126 e. The van der Waals surface area contributed by atoms with Gasteiger partial charge >= 0.3 is 0 Å². The molecule has 0 unspecified atom stereocenters. The van der Waals surface area contributed by atoms with Crippen molar-refractivity contribution in [2.75, 3.05) is 12.8 Å². The van der Waals surface area contributed by atoms with Crippen LogP contribution in [0.25, 0.3) is 11.1 Å². The van der Waals surface area contributed by atoms with Crippen molar-refractivity contribution >= 4 is 5.69 Å². The van der Waals surface area contributed by atoms with Crippen LogP contribution in [0.5, 0.6) is 5.75 Å². The molecule has 3 aromatic rings. The minimum Gasteiger partial charge on any atom is -0.496 e. The van der Waals surface area contributed by atoms with E-state index in [0.29, 0.717) is 0 Å². The summed E-state index contributed by atoms with van der Waals surface area (Å²) in [6, 6.07) is 21.7. The lowest BCUT2D eigenvalue weighted by Gasteiger charge is -2.17. The number of ether oxygens (including phenoxy) is 1. The molecule has 3 aromatic carbocycles. The van der Waals surface area contributed by atoms with Crippen LogP contribution in [0, 0.1) is 0 Å². The van der Waals surface area contributed by atoms with E-state index in [1.54, 1.807) is 7.11 Å². The molecule has 0 saturated heterocycles. The summed E-state index contributed by atoms with van der Waals surface area (Å²) in [7, 11) is 1.74. The molecule has 4 aliphatic carbocycles. The number of anilines is 1. The van der Waals surface area contributed by atoms with Gasteiger partial charge in [0.05, 0.1) is 7.11 Å². The molecular formula is C23H23NO. The average Bonchev–Trinajstić information content (AvgIpc) is 2.64. The minimum atomic E-state index is 0.923. The number of aryl methyl sites for hydroxylation is 4. The molecule has 2 nitrogen and oxygen atoms in total. The Morgan fingerprint density at radius 1 is 0.720 bits per heavy atom. The molecule has 2 N–H and O–H groups in total. The summed E-state index contributed by atoms with van der Waals surface area (Å²) in [5.41, 5.74) is 14.9. The van der Waals surface area contributed by atoms with Gasteiger partial charge in [0.25, 0.3) is 0 Å². The van der Waals surface area contributed by atoms with Gasteiger partial charge in [-0.2, -0.15) is 0 Å². The van der Waals surface area contributed by atoms with Gasteiger partial charge in [-0.05, 0) is 65.6 Å². The zero-order valence-corrected chi connectivity index (χ0v) is 14.6. The van der Waals surface area contributed by atoms with Crippen LogP contribution in [-0.4, -0.2) is 7.11 Å². The SMILES string of the molecule is COc1ccccc1-c1cc2ccc1CCc1ccc(cc1N)CC2. The van der Waals surface area contributed by atoms with Crippen LogP contribution in [0.2, 0.25) is 0 Å². The summed E-state index contributed by atoms with van der Waals surface area (Å²) in [5.74, 6) is 0.927. The second kappa shape index (κ2) is 6.64. The van der Waals surface area contributed by atoms with Crippen LogP contribution in [0.15, 0.2) is 60.7 Å². The summed E-state index contributed by atoms with van der Waals surface area (Å²) < 4.78 is 5.61. The lowest BCUT2D eigenvalue weighted by molar-refractivity contribution is 0.416. The maximum atomic E-state index is 6.27. The Bertz CT molecular complexity index is 914. The minimum absolute atomic E-state index is 0.923. The standard InChI is InChI=1S/C23H23NO/c1-25-23-5-3-2-4-20(23)21-14-16-6-7-17-9-11-19(22(24)15-17)13-12-18(21)10-8-16/h2-5,8-11,14-15H,6-7,12-13,24H2,1H3. The van der Waals surface area contributed by atoms with Crippen LogP contribution >= 0.6 is 0 Å². The van der Waals surface area contributed by atoms with Gasteiger partial charge in [0, 0.05) is 11.3 Å². The van der Waals surface area contributed by atoms with Crippen molar-refractivity contribution in [1.29, 1.82) is 0 Å². The van der Waals surface area contributed by atoms with Crippen molar-refractivity contribution < 1.29 is 4.74 Å². The number of methoxy groups -OCH3 is 1. The highest BCUT2D eigenvalue weighted by atomic mass is 16.5. The molecule has 0 fully saturated rings. The van der Waals surface area contributed by atoms with Crippen molar-refractivity contribution in [3.63, 3.8) is 0 Å². The summed E-state index contributed by atoms with van der Waals surface area (Å²) in [6.45, 7) is 0. The maximum absolute atomic E-state index is 6.27. The zero-order chi connectivity index (χ0) is 17.2. The first-order valence-electron chi connectivity index (χ1n) is 8.87. The maximum Gasteiger partial charge on any atom is 0.126 e. The Labute approximate surface area is 149 Å². The van der Waals surface area contributed by atoms with Crippen molar-refractivity contribution in [2.45, 2.75) is 25.7 Å². The Kier molecular flexibility index (Phi) is 4.19. The van der Waals surface area contributed by atoms with Crippen LogP contribution in [0.4, 0.5) is 5.69 Å². The Morgan fingerprint density at radius 3 is 2.16 bits per heavy atom. The van der Waals surface area contributed by atoms with Crippen molar-refractivity contribution in [3.05, 3.63) is 82.9 Å². The normalized spacial score (nSPS) is 13.3. The Balaban J connectivity index is 1.82. The molecule has 25 heavy (non-hydrogen) atoms. The quantitative estimate of drug-likeness (QED) is 0.684. The summed E-state index contributed by atoms with van der Waals surface area (Å²) in [4.78, 5) is 0. The third-order valence-corrected chi connectivity index (χ3v) is 5.15. The van der Waals surface area contributed by atoms with Gasteiger partial charge in [0.1, 0.15) is 5.75 Å². The van der Waals surface area contributed by atoms with Crippen LogP contribution in [-0.2, 0) is 25.7 Å². The zero-order valence-electron chi connectivity index (χ0n) is 14.6. The van der Waals surface area contributed by atoms with Crippen molar-refractivity contribution in [3.8, 4) is 16.9 Å². The summed E-state index contributed by atoms with van der Waals surface area (Å²) in [5, 5.41) is 0. The van der Waals surface area contributed by atoms with Gasteiger partial charge in [-0.15, -0.1) is 0 Å². The first-order valence-corrected chi connectivity index (χ1v) is 8.87. The van der Waals surface area contributed by atoms with Gasteiger partial charge in [0.15, 0.2) is 0 Å². The van der Waals surface area contributed by atoms with Gasteiger partial charge in [-0.3, -0.25) is 0 Å². The number of nitrogens with two attached hydrogens (primary N) is 1. The summed E-state index contributed by atoms with van der Waals surface area (Å²) >= 11 is 0. The highest BCUT2D eigenvalue weighted by Gasteiger charge is 2.13. The molecule has 4 bridgehead atoms. The molecule has 0 aromatic heterocycles. The molecule has 0 atom stereocenters. The molecule has 4 aliphatic rings. The van der Waals surface area contributed by atoms with Gasteiger partial charge in [-0.1, -0.05) is 48.5 Å². The predicted molar refractivity (Wildman–Crippen MR) is 104 cm³/mol. The number of hydrogen-bond donors (Lipinski definition) is 1. The topological polar surface area (TPSA) is 35.2 Å². The molecule has 0 spiro atoms. The molecule has 2 heteroatoms. The third-order valence-electron chi connectivity index (χ3n) is 5.15. The van der Waals surface area contributed by atoms with Crippen LogP contribution in [0.3, 0.4) is 0 Å². The third kappa shape index (κ3) is 3.12. The first kappa shape index (κ1) is 15.8. The lowest BCUT2D eigenvalue weighted by atomic mass is 9.90. The highest BCUT2D eigenvalue weighted by molar-refractivity contribution is 5.74. The van der Waals surface area contributed by atoms with E-state index in [0.717, 1.165) is 37.1 Å². The molecule has 0 aliphatic heterocycles. The molecule has 126 valence electrons. The van der Waals surface area contributed by atoms with E-state index in [1.165, 1.54) is 33.4 Å². The van der Waals surface area contributed by atoms with Crippen molar-refractivity contribution in [1.82, 2.24) is 0 Å². The van der Waals surface area contributed by atoms with E-state index in [2.05, 4.69) is 48.5 Å². The number of nitrogen functional groups attached to an aromatic ring is 1. The van der Waals surface area contributed by atoms with E-state index in [-0.39, 0.29) is 0 Å². The van der Waals surface area contributed by atoms with Gasteiger partial charge in [-0.25, -0.2) is 0 Å². The predicted octanol–water partition coefficient (Wildman–Crippen LogP) is 4.83. The first-order chi connectivity index (χ1) is 12.2. The molecular weight excluding hydrogens is 306 g/mol. The molecule has 0 radical (unpaired) electrons. The highest BCUT2D eigenvalue weighted by Crippen LogP contribution is 2.34. The van der Waals surface area contributed by atoms with Gasteiger partial charge < -0.3 is 10.5 Å². The monoisotopic (exact) mass is 329 g/mol. The van der Waals surface area contributed by atoms with E-state index in [9.17, 15) is 0 Å². The fourth-order valence-electron chi connectivity index (χ4n) is 3.70. The average molecular weight is 329 g/mol. The number of hydrogen-bond acceptors (Lipinski definition) is 2. The number of para-hydroxylation sites is 1. The fourth-order valence-corrected chi connectivity index (χ4v) is 3.70. The van der Waals surface area contributed by atoms with Crippen LogP contribution < -0.4 is 10.5 Å². The lowest BCUT2D eigenvalue weighted by Crippen LogP contribution is -2.03. The van der Waals surface area contributed by atoms with Crippen molar-refractivity contribution in [2.24, 2.45) is 0 Å². The largest absolute Gasteiger partial charge is 0.496 e. The molecule has 0 saturated carbocycles. The molecule has 0 heterocycles. The second-order valence-electron chi connectivity index (χ2n) is 6.72. The van der Waals surface area contributed by atoms with E-state index < -0.39 is 0 Å².